The van der Waals surface area contributed by atoms with Crippen LogP contribution in [-0.4, -0.2) is 41.6 Å². The molecule has 2 saturated heterocycles. The molecule has 118 valence electrons. The van der Waals surface area contributed by atoms with Crippen LogP contribution in [0.4, 0.5) is 0 Å². The maximum absolute atomic E-state index is 13.0. The molecule has 1 aromatic heterocycles. The lowest BCUT2D eigenvalue weighted by Crippen LogP contribution is -2.38. The fraction of sp³-hybridized carbons (Fsp3) is 0.647. The number of amides is 1. The minimum atomic E-state index is 0.115. The van der Waals surface area contributed by atoms with Gasteiger partial charge in [-0.25, -0.2) is 4.98 Å². The molecule has 22 heavy (non-hydrogen) atoms. The average molecular weight is 321 g/mol. The predicted octanol–water partition coefficient (Wildman–Crippen LogP) is 3.16. The van der Waals surface area contributed by atoms with Gasteiger partial charge in [0.05, 0.1) is 0 Å². The quantitative estimate of drug-likeness (QED) is 0.746. The van der Waals surface area contributed by atoms with Gasteiger partial charge < -0.3 is 9.64 Å². The monoisotopic (exact) mass is 320 g/mol. The van der Waals surface area contributed by atoms with Crippen molar-refractivity contribution in [3.63, 3.8) is 0 Å². The van der Waals surface area contributed by atoms with E-state index in [0.717, 1.165) is 39.0 Å². The standard InChI is InChI=1S/C17H21ClN2O2/c18-15-10-12(4-7-19-15)16(21)20-11-17(5-8-22-9-6-17)13-2-1-3-14(13)20/h4,7,10,13-14H,1-3,5-6,8-9,11H2/t13-,14+/m1/s1. The van der Waals surface area contributed by atoms with E-state index in [4.69, 9.17) is 16.3 Å². The first-order chi connectivity index (χ1) is 10.7. The maximum Gasteiger partial charge on any atom is 0.254 e. The summed E-state index contributed by atoms with van der Waals surface area (Å²) in [5, 5.41) is 0.383. The van der Waals surface area contributed by atoms with E-state index in [9.17, 15) is 4.79 Å². The van der Waals surface area contributed by atoms with Crippen molar-refractivity contribution in [2.45, 2.75) is 38.1 Å². The number of carbonyl (C=O) groups is 1. The van der Waals surface area contributed by atoms with Crippen molar-refractivity contribution < 1.29 is 9.53 Å². The molecule has 2 atom stereocenters. The summed E-state index contributed by atoms with van der Waals surface area (Å²) in [4.78, 5) is 19.1. The van der Waals surface area contributed by atoms with Crippen LogP contribution in [0, 0.1) is 11.3 Å². The van der Waals surface area contributed by atoms with Crippen molar-refractivity contribution in [2.75, 3.05) is 19.8 Å². The third-order valence-electron chi connectivity index (χ3n) is 5.87. The van der Waals surface area contributed by atoms with E-state index < -0.39 is 0 Å². The van der Waals surface area contributed by atoms with E-state index in [1.165, 1.54) is 12.8 Å². The molecule has 1 aromatic rings. The Balaban J connectivity index is 1.63. The lowest BCUT2D eigenvalue weighted by atomic mass is 9.71. The zero-order valence-electron chi connectivity index (χ0n) is 12.6. The van der Waals surface area contributed by atoms with E-state index in [1.807, 2.05) is 0 Å². The Kier molecular flexibility index (Phi) is 3.61. The highest BCUT2D eigenvalue weighted by molar-refractivity contribution is 6.29. The normalized spacial score (nSPS) is 29.8. The van der Waals surface area contributed by atoms with Crippen LogP contribution in [0.5, 0.6) is 0 Å². The molecule has 1 saturated carbocycles. The number of halogens is 1. The van der Waals surface area contributed by atoms with Gasteiger partial charge in [0.1, 0.15) is 5.15 Å². The molecule has 1 spiro atoms. The van der Waals surface area contributed by atoms with Gasteiger partial charge in [-0.1, -0.05) is 18.0 Å². The smallest absolute Gasteiger partial charge is 0.254 e. The van der Waals surface area contributed by atoms with Crippen LogP contribution in [0.2, 0.25) is 5.15 Å². The lowest BCUT2D eigenvalue weighted by Gasteiger charge is -2.37. The number of carbonyl (C=O) groups excluding carboxylic acids is 1. The first-order valence-corrected chi connectivity index (χ1v) is 8.58. The molecule has 1 aliphatic carbocycles. The van der Waals surface area contributed by atoms with Crippen molar-refractivity contribution in [1.82, 2.24) is 9.88 Å². The number of rotatable bonds is 1. The van der Waals surface area contributed by atoms with Crippen LogP contribution in [-0.2, 0) is 4.74 Å². The van der Waals surface area contributed by atoms with Crippen molar-refractivity contribution in [3.05, 3.63) is 29.0 Å². The Bertz CT molecular complexity index is 586. The van der Waals surface area contributed by atoms with Crippen LogP contribution in [0.1, 0.15) is 42.5 Å². The first-order valence-electron chi connectivity index (χ1n) is 8.20. The van der Waals surface area contributed by atoms with Gasteiger partial charge in [0.15, 0.2) is 0 Å². The molecule has 5 heteroatoms. The molecule has 0 radical (unpaired) electrons. The number of hydrogen-bond donors (Lipinski definition) is 0. The van der Waals surface area contributed by atoms with Gasteiger partial charge in [-0.15, -0.1) is 0 Å². The molecule has 3 aliphatic rings. The zero-order valence-corrected chi connectivity index (χ0v) is 13.4. The second-order valence-corrected chi connectivity index (χ2v) is 7.27. The van der Waals surface area contributed by atoms with Gasteiger partial charge in [-0.2, -0.15) is 0 Å². The summed E-state index contributed by atoms with van der Waals surface area (Å²) in [5.74, 6) is 0.766. The highest BCUT2D eigenvalue weighted by atomic mass is 35.5. The SMILES string of the molecule is O=C(c1ccnc(Cl)c1)N1CC2(CCOCC2)[C@@H]2CCC[C@@H]21. The minimum Gasteiger partial charge on any atom is -0.381 e. The van der Waals surface area contributed by atoms with Crippen LogP contribution in [0.3, 0.4) is 0 Å². The largest absolute Gasteiger partial charge is 0.381 e. The molecule has 3 heterocycles. The maximum atomic E-state index is 13.0. The van der Waals surface area contributed by atoms with Gasteiger partial charge in [0.2, 0.25) is 0 Å². The number of hydrogen-bond acceptors (Lipinski definition) is 3. The van der Waals surface area contributed by atoms with Crippen molar-refractivity contribution >= 4 is 17.5 Å². The number of aromatic nitrogens is 1. The van der Waals surface area contributed by atoms with Gasteiger partial charge in [-0.05, 0) is 49.1 Å². The summed E-state index contributed by atoms with van der Waals surface area (Å²) in [7, 11) is 0. The number of likely N-dealkylation sites (tertiary alicyclic amines) is 1. The molecule has 4 nitrogen and oxygen atoms in total. The Morgan fingerprint density at radius 1 is 1.36 bits per heavy atom. The average Bonchev–Trinajstić information content (AvgIpc) is 3.12. The number of nitrogens with zero attached hydrogens (tertiary/aromatic N) is 2. The summed E-state index contributed by atoms with van der Waals surface area (Å²) in [6, 6.07) is 3.85. The fourth-order valence-electron chi connectivity index (χ4n) is 4.83. The summed E-state index contributed by atoms with van der Waals surface area (Å²) in [6.07, 6.45) is 7.42. The number of pyridine rings is 1. The van der Waals surface area contributed by atoms with E-state index in [0.29, 0.717) is 22.7 Å². The second kappa shape index (κ2) is 5.50. The topological polar surface area (TPSA) is 42.4 Å². The number of ether oxygens (including phenoxy) is 1. The summed E-state index contributed by atoms with van der Waals surface area (Å²) in [5.41, 5.74) is 0.945. The highest BCUT2D eigenvalue weighted by Gasteiger charge is 2.55. The first kappa shape index (κ1) is 14.5. The van der Waals surface area contributed by atoms with Crippen LogP contribution < -0.4 is 0 Å². The Labute approximate surface area is 135 Å². The van der Waals surface area contributed by atoms with Crippen LogP contribution in [0.15, 0.2) is 18.3 Å². The van der Waals surface area contributed by atoms with Gasteiger partial charge >= 0.3 is 0 Å². The summed E-state index contributed by atoms with van der Waals surface area (Å²) in [6.45, 7) is 2.56. The summed E-state index contributed by atoms with van der Waals surface area (Å²) < 4.78 is 5.57. The summed E-state index contributed by atoms with van der Waals surface area (Å²) >= 11 is 5.95. The third kappa shape index (κ3) is 2.24. The molecule has 0 N–H and O–H groups in total. The van der Waals surface area contributed by atoms with Crippen molar-refractivity contribution in [1.29, 1.82) is 0 Å². The third-order valence-corrected chi connectivity index (χ3v) is 6.08. The fourth-order valence-corrected chi connectivity index (χ4v) is 5.01. The molecular formula is C17H21ClN2O2. The highest BCUT2D eigenvalue weighted by Crippen LogP contribution is 2.54. The number of fused-ring (bicyclic) bond motifs is 2. The van der Waals surface area contributed by atoms with Crippen molar-refractivity contribution in [2.24, 2.45) is 11.3 Å². The minimum absolute atomic E-state index is 0.115. The Morgan fingerprint density at radius 3 is 2.95 bits per heavy atom. The molecule has 2 aliphatic heterocycles. The van der Waals surface area contributed by atoms with E-state index in [2.05, 4.69) is 9.88 Å². The molecule has 3 fully saturated rings. The zero-order chi connectivity index (χ0) is 15.2. The van der Waals surface area contributed by atoms with Gasteiger partial charge in [0.25, 0.3) is 5.91 Å². The van der Waals surface area contributed by atoms with Gasteiger partial charge in [0, 0.05) is 37.6 Å². The Morgan fingerprint density at radius 2 is 2.18 bits per heavy atom. The van der Waals surface area contributed by atoms with Crippen LogP contribution >= 0.6 is 11.6 Å². The molecule has 0 bridgehead atoms. The van der Waals surface area contributed by atoms with Crippen molar-refractivity contribution in [3.8, 4) is 0 Å². The predicted molar refractivity (Wildman–Crippen MR) is 83.9 cm³/mol. The molecule has 1 amide bonds. The molecule has 4 rings (SSSR count). The van der Waals surface area contributed by atoms with E-state index in [-0.39, 0.29) is 11.3 Å². The van der Waals surface area contributed by atoms with E-state index >= 15 is 0 Å². The van der Waals surface area contributed by atoms with Gasteiger partial charge in [-0.3, -0.25) is 4.79 Å². The lowest BCUT2D eigenvalue weighted by molar-refractivity contribution is -0.00100. The second-order valence-electron chi connectivity index (χ2n) is 6.88. The Hall–Kier alpha value is -1.13. The molecule has 0 unspecified atom stereocenters. The molecular weight excluding hydrogens is 300 g/mol. The van der Waals surface area contributed by atoms with Crippen LogP contribution in [0.25, 0.3) is 0 Å². The molecule has 0 aromatic carbocycles. The van der Waals surface area contributed by atoms with E-state index in [1.54, 1.807) is 18.3 Å².